The molecule has 2 heterocycles. The van der Waals surface area contributed by atoms with Crippen LogP contribution in [0.2, 0.25) is 0 Å². The molecule has 1 aliphatic heterocycles. The van der Waals surface area contributed by atoms with Crippen LogP contribution in [0.4, 0.5) is 9.52 Å². The predicted octanol–water partition coefficient (Wildman–Crippen LogP) is 3.11. The Balaban J connectivity index is 1.46. The van der Waals surface area contributed by atoms with Crippen molar-refractivity contribution < 1.29 is 13.9 Å². The van der Waals surface area contributed by atoms with Crippen LogP contribution >= 0.6 is 11.3 Å². The number of amides is 1. The monoisotopic (exact) mass is 363 g/mol. The largest absolute Gasteiger partial charge is 0.493 e. The molecule has 7 heteroatoms. The second-order valence-corrected chi connectivity index (χ2v) is 7.18. The summed E-state index contributed by atoms with van der Waals surface area (Å²) in [6.07, 6.45) is 3.04. The first-order valence-corrected chi connectivity index (χ1v) is 9.34. The lowest BCUT2D eigenvalue weighted by atomic mass is 9.98. The number of rotatable bonds is 6. The van der Waals surface area contributed by atoms with Gasteiger partial charge in [-0.15, -0.1) is 11.3 Å². The quantitative estimate of drug-likeness (QED) is 0.856. The molecule has 1 aromatic carbocycles. The zero-order valence-electron chi connectivity index (χ0n) is 14.0. The smallest absolute Gasteiger partial charge is 0.222 e. The van der Waals surface area contributed by atoms with Crippen molar-refractivity contribution in [3.8, 4) is 5.75 Å². The Morgan fingerprint density at radius 3 is 3.12 bits per heavy atom. The molecular formula is C18H22FN3O2S. The number of benzene rings is 1. The van der Waals surface area contributed by atoms with Crippen LogP contribution in [0.25, 0.3) is 0 Å². The van der Waals surface area contributed by atoms with E-state index in [4.69, 9.17) is 10.5 Å². The number of ether oxygens (including phenoxy) is 1. The fourth-order valence-corrected chi connectivity index (χ4v) is 3.63. The molecule has 1 fully saturated rings. The molecule has 0 saturated carbocycles. The zero-order valence-corrected chi connectivity index (χ0v) is 14.8. The number of likely N-dealkylation sites (tertiary alicyclic amines) is 1. The van der Waals surface area contributed by atoms with Gasteiger partial charge in [0.15, 0.2) is 5.13 Å². The summed E-state index contributed by atoms with van der Waals surface area (Å²) in [4.78, 5) is 18.5. The van der Waals surface area contributed by atoms with Crippen LogP contribution in [0.15, 0.2) is 29.6 Å². The average Bonchev–Trinajstić information content (AvgIpc) is 3.03. The third kappa shape index (κ3) is 5.16. The number of nitrogen functional groups attached to an aromatic ring is 1. The van der Waals surface area contributed by atoms with Crippen molar-refractivity contribution in [2.45, 2.75) is 25.7 Å². The van der Waals surface area contributed by atoms with Crippen molar-refractivity contribution in [2.75, 3.05) is 25.4 Å². The molecule has 0 spiro atoms. The standard InChI is InChI=1S/C18H22FN3O2S/c19-14-4-1-5-16(9-14)24-11-13-3-2-8-22(10-13)17(23)7-6-15-12-25-18(20)21-15/h1,4-5,9,12-13H,2-3,6-8,10-11H2,(H2,20,21)/t13-/m0/s1. The van der Waals surface area contributed by atoms with Crippen LogP contribution in [0.1, 0.15) is 25.0 Å². The van der Waals surface area contributed by atoms with E-state index < -0.39 is 0 Å². The highest BCUT2D eigenvalue weighted by atomic mass is 32.1. The van der Waals surface area contributed by atoms with Crippen LogP contribution in [-0.2, 0) is 11.2 Å². The van der Waals surface area contributed by atoms with Gasteiger partial charge in [-0.2, -0.15) is 0 Å². The number of aromatic nitrogens is 1. The molecule has 2 N–H and O–H groups in total. The molecule has 25 heavy (non-hydrogen) atoms. The molecule has 3 rings (SSSR count). The number of nitrogens with zero attached hydrogens (tertiary/aromatic N) is 2. The first kappa shape index (κ1) is 17.7. The lowest BCUT2D eigenvalue weighted by molar-refractivity contribution is -0.133. The number of thiazole rings is 1. The molecule has 2 aromatic rings. The predicted molar refractivity (Wildman–Crippen MR) is 96.0 cm³/mol. The number of aryl methyl sites for hydroxylation is 1. The molecule has 0 radical (unpaired) electrons. The van der Waals surface area contributed by atoms with Crippen LogP contribution in [-0.4, -0.2) is 35.5 Å². The molecule has 1 aromatic heterocycles. The van der Waals surface area contributed by atoms with Gasteiger partial charge in [0.1, 0.15) is 11.6 Å². The number of carbonyl (C=O) groups excluding carboxylic acids is 1. The first-order valence-electron chi connectivity index (χ1n) is 8.46. The summed E-state index contributed by atoms with van der Waals surface area (Å²) in [7, 11) is 0. The molecule has 0 aliphatic carbocycles. The number of piperidine rings is 1. The highest BCUT2D eigenvalue weighted by molar-refractivity contribution is 7.13. The van der Waals surface area contributed by atoms with Gasteiger partial charge in [-0.05, 0) is 31.4 Å². The second kappa shape index (κ2) is 8.29. The van der Waals surface area contributed by atoms with Gasteiger partial charge < -0.3 is 15.4 Å². The third-order valence-electron chi connectivity index (χ3n) is 4.32. The van der Waals surface area contributed by atoms with Crippen LogP contribution in [0.5, 0.6) is 5.75 Å². The molecule has 134 valence electrons. The SMILES string of the molecule is Nc1nc(CCC(=O)N2CCC[C@H](COc3cccc(F)c3)C2)cs1. The van der Waals surface area contributed by atoms with Crippen molar-refractivity contribution >= 4 is 22.4 Å². The van der Waals surface area contributed by atoms with E-state index >= 15 is 0 Å². The summed E-state index contributed by atoms with van der Waals surface area (Å²) >= 11 is 1.40. The van der Waals surface area contributed by atoms with Crippen molar-refractivity contribution in [1.29, 1.82) is 0 Å². The van der Waals surface area contributed by atoms with Crippen molar-refractivity contribution in [3.05, 3.63) is 41.2 Å². The Kier molecular flexibility index (Phi) is 5.86. The molecular weight excluding hydrogens is 341 g/mol. The van der Waals surface area contributed by atoms with E-state index in [1.807, 2.05) is 10.3 Å². The van der Waals surface area contributed by atoms with Crippen LogP contribution in [0.3, 0.4) is 0 Å². The molecule has 1 saturated heterocycles. The van der Waals surface area contributed by atoms with E-state index in [0.29, 0.717) is 36.9 Å². The zero-order chi connectivity index (χ0) is 17.6. The summed E-state index contributed by atoms with van der Waals surface area (Å²) in [6, 6.07) is 6.15. The van der Waals surface area contributed by atoms with Gasteiger partial charge in [0.2, 0.25) is 5.91 Å². The number of halogens is 1. The second-order valence-electron chi connectivity index (χ2n) is 6.29. The Morgan fingerprint density at radius 2 is 2.36 bits per heavy atom. The summed E-state index contributed by atoms with van der Waals surface area (Å²) in [5.41, 5.74) is 6.49. The van der Waals surface area contributed by atoms with E-state index in [2.05, 4.69) is 4.98 Å². The van der Waals surface area contributed by atoms with E-state index in [1.54, 1.807) is 12.1 Å². The van der Waals surface area contributed by atoms with Crippen molar-refractivity contribution in [1.82, 2.24) is 9.88 Å². The van der Waals surface area contributed by atoms with E-state index in [9.17, 15) is 9.18 Å². The summed E-state index contributed by atoms with van der Waals surface area (Å²) in [6.45, 7) is 1.97. The Hall–Kier alpha value is -2.15. The Morgan fingerprint density at radius 1 is 1.48 bits per heavy atom. The highest BCUT2D eigenvalue weighted by Gasteiger charge is 2.24. The molecule has 5 nitrogen and oxygen atoms in total. The maximum absolute atomic E-state index is 13.2. The van der Waals surface area contributed by atoms with Gasteiger partial charge >= 0.3 is 0 Å². The molecule has 1 aliphatic rings. The molecule has 1 amide bonds. The summed E-state index contributed by atoms with van der Waals surface area (Å²) < 4.78 is 18.9. The highest BCUT2D eigenvalue weighted by Crippen LogP contribution is 2.20. The first-order chi connectivity index (χ1) is 12.1. The molecule has 0 unspecified atom stereocenters. The lowest BCUT2D eigenvalue weighted by Crippen LogP contribution is -2.41. The third-order valence-corrected chi connectivity index (χ3v) is 5.04. The van der Waals surface area contributed by atoms with Gasteiger partial charge in [0.25, 0.3) is 0 Å². The maximum Gasteiger partial charge on any atom is 0.222 e. The molecule has 0 bridgehead atoms. The van der Waals surface area contributed by atoms with E-state index in [-0.39, 0.29) is 17.6 Å². The molecule has 1 atom stereocenters. The number of carbonyl (C=O) groups is 1. The normalized spacial score (nSPS) is 17.5. The van der Waals surface area contributed by atoms with Crippen molar-refractivity contribution in [3.63, 3.8) is 0 Å². The maximum atomic E-state index is 13.2. The lowest BCUT2D eigenvalue weighted by Gasteiger charge is -2.32. The van der Waals surface area contributed by atoms with Crippen LogP contribution < -0.4 is 10.5 Å². The summed E-state index contributed by atoms with van der Waals surface area (Å²) in [5, 5.41) is 2.43. The topological polar surface area (TPSA) is 68.5 Å². The van der Waals surface area contributed by atoms with Gasteiger partial charge in [-0.1, -0.05) is 6.07 Å². The fourth-order valence-electron chi connectivity index (χ4n) is 3.03. The minimum absolute atomic E-state index is 0.141. The minimum Gasteiger partial charge on any atom is -0.493 e. The Labute approximate surface area is 150 Å². The average molecular weight is 363 g/mol. The number of hydrogen-bond acceptors (Lipinski definition) is 5. The van der Waals surface area contributed by atoms with E-state index in [1.165, 1.54) is 23.5 Å². The van der Waals surface area contributed by atoms with Gasteiger partial charge in [0.05, 0.1) is 12.3 Å². The van der Waals surface area contributed by atoms with Gasteiger partial charge in [-0.25, -0.2) is 9.37 Å². The minimum atomic E-state index is -0.305. The van der Waals surface area contributed by atoms with Gasteiger partial charge in [-0.3, -0.25) is 4.79 Å². The number of anilines is 1. The van der Waals surface area contributed by atoms with Crippen molar-refractivity contribution in [2.24, 2.45) is 5.92 Å². The number of nitrogens with two attached hydrogens (primary N) is 1. The van der Waals surface area contributed by atoms with E-state index in [0.717, 1.165) is 25.1 Å². The Bertz CT molecular complexity index is 722. The number of hydrogen-bond donors (Lipinski definition) is 1. The van der Waals surface area contributed by atoms with Crippen LogP contribution in [0, 0.1) is 11.7 Å². The fraction of sp³-hybridized carbons (Fsp3) is 0.444. The van der Waals surface area contributed by atoms with Gasteiger partial charge in [0, 0.05) is 36.9 Å². The summed E-state index contributed by atoms with van der Waals surface area (Å²) in [5.74, 6) is 0.642.